The Labute approximate surface area is 176 Å². The van der Waals surface area contributed by atoms with Crippen LogP contribution in [0.25, 0.3) is 16.2 Å². The lowest BCUT2D eigenvalue weighted by molar-refractivity contribution is -0.114. The zero-order valence-corrected chi connectivity index (χ0v) is 17.1. The van der Waals surface area contributed by atoms with E-state index >= 15 is 0 Å². The summed E-state index contributed by atoms with van der Waals surface area (Å²) in [6, 6.07) is 14.8. The van der Waals surface area contributed by atoms with E-state index in [1.807, 2.05) is 48.7 Å². The largest absolute Gasteiger partial charge is 0.492 e. The second-order valence-corrected chi connectivity index (χ2v) is 7.64. The monoisotopic (exact) mass is 427 g/mol. The Kier molecular flexibility index (Phi) is 5.64. The van der Waals surface area contributed by atoms with Crippen molar-refractivity contribution in [3.8, 4) is 17.0 Å². The molecule has 0 unspecified atom stereocenters. The summed E-state index contributed by atoms with van der Waals surface area (Å²) in [7, 11) is 0. The summed E-state index contributed by atoms with van der Waals surface area (Å²) < 4.78 is 7.48. The predicted molar refractivity (Wildman–Crippen MR) is 116 cm³/mol. The number of amides is 1. The summed E-state index contributed by atoms with van der Waals surface area (Å²) >= 11 is 7.41. The molecule has 0 aliphatic carbocycles. The Hall–Kier alpha value is -3.10. The van der Waals surface area contributed by atoms with Gasteiger partial charge in [-0.05, 0) is 24.3 Å². The topological polar surface area (TPSA) is 80.5 Å². The lowest BCUT2D eigenvalue weighted by Gasteiger charge is -2.08. The summed E-state index contributed by atoms with van der Waals surface area (Å²) in [5, 5.41) is 11.9. The molecule has 7 nitrogen and oxygen atoms in total. The van der Waals surface area contributed by atoms with Gasteiger partial charge in [0.15, 0.2) is 0 Å². The normalized spacial score (nSPS) is 10.8. The number of carbonyl (C=O) groups is 1. The number of ether oxygens (including phenoxy) is 1. The smallest absolute Gasteiger partial charge is 0.221 e. The molecule has 2 aromatic heterocycles. The van der Waals surface area contributed by atoms with Gasteiger partial charge in [-0.25, -0.2) is 9.50 Å². The number of benzene rings is 2. The number of imidazole rings is 1. The lowest BCUT2D eigenvalue weighted by Crippen LogP contribution is -2.12. The van der Waals surface area contributed by atoms with Gasteiger partial charge in [-0.1, -0.05) is 41.1 Å². The van der Waals surface area contributed by atoms with Gasteiger partial charge in [0.25, 0.3) is 0 Å². The van der Waals surface area contributed by atoms with Crippen LogP contribution >= 0.6 is 22.9 Å². The fourth-order valence-electron chi connectivity index (χ4n) is 2.73. The van der Waals surface area contributed by atoms with Crippen molar-refractivity contribution in [3.05, 3.63) is 59.8 Å². The highest BCUT2D eigenvalue weighted by Gasteiger charge is 2.09. The Balaban J connectivity index is 1.32. The zero-order chi connectivity index (χ0) is 20.2. The number of halogens is 1. The summed E-state index contributed by atoms with van der Waals surface area (Å²) in [4.78, 5) is 16.5. The average molecular weight is 428 g/mol. The lowest BCUT2D eigenvalue weighted by atomic mass is 10.2. The minimum absolute atomic E-state index is 0.114. The fourth-order valence-corrected chi connectivity index (χ4v) is 3.66. The number of hydrogen-bond acceptors (Lipinski definition) is 6. The Morgan fingerprint density at radius 3 is 2.83 bits per heavy atom. The number of fused-ring (bicyclic) bond motifs is 1. The second-order valence-electron chi connectivity index (χ2n) is 6.25. The quantitative estimate of drug-likeness (QED) is 0.422. The number of anilines is 2. The number of aromatic nitrogens is 3. The van der Waals surface area contributed by atoms with Gasteiger partial charge in [0.1, 0.15) is 12.4 Å². The molecule has 4 aromatic rings. The van der Waals surface area contributed by atoms with Crippen molar-refractivity contribution in [1.82, 2.24) is 14.6 Å². The van der Waals surface area contributed by atoms with Crippen molar-refractivity contribution >= 4 is 44.6 Å². The maximum Gasteiger partial charge on any atom is 0.221 e. The molecule has 0 saturated heterocycles. The third-order valence-corrected chi connectivity index (χ3v) is 5.12. The molecule has 0 radical (unpaired) electrons. The Morgan fingerprint density at radius 2 is 2.07 bits per heavy atom. The van der Waals surface area contributed by atoms with Crippen molar-refractivity contribution in [3.63, 3.8) is 0 Å². The van der Waals surface area contributed by atoms with Gasteiger partial charge < -0.3 is 15.4 Å². The summed E-state index contributed by atoms with van der Waals surface area (Å²) in [6.07, 6.45) is 1.89. The zero-order valence-electron chi connectivity index (χ0n) is 15.6. The summed E-state index contributed by atoms with van der Waals surface area (Å²) in [5.41, 5.74) is 2.56. The molecule has 0 atom stereocenters. The predicted octanol–water partition coefficient (Wildman–Crippen LogP) is 4.56. The molecular formula is C20H18ClN5O2S. The highest BCUT2D eigenvalue weighted by atomic mass is 35.5. The first kappa shape index (κ1) is 19.2. The van der Waals surface area contributed by atoms with E-state index in [4.69, 9.17) is 16.3 Å². The number of hydrogen-bond donors (Lipinski definition) is 2. The van der Waals surface area contributed by atoms with Crippen LogP contribution in [0.4, 0.5) is 10.8 Å². The van der Waals surface area contributed by atoms with Gasteiger partial charge in [0.05, 0.1) is 18.4 Å². The molecule has 0 aliphatic heterocycles. The molecule has 148 valence electrons. The van der Waals surface area contributed by atoms with E-state index in [-0.39, 0.29) is 5.91 Å². The Bertz CT molecular complexity index is 1110. The van der Waals surface area contributed by atoms with Crippen LogP contribution in [0.2, 0.25) is 5.02 Å². The molecule has 29 heavy (non-hydrogen) atoms. The van der Waals surface area contributed by atoms with Crippen molar-refractivity contribution < 1.29 is 9.53 Å². The summed E-state index contributed by atoms with van der Waals surface area (Å²) in [6.45, 7) is 2.52. The first-order chi connectivity index (χ1) is 14.1. The van der Waals surface area contributed by atoms with Crippen LogP contribution in [0, 0.1) is 0 Å². The first-order valence-electron chi connectivity index (χ1n) is 8.93. The van der Waals surface area contributed by atoms with Gasteiger partial charge in [0, 0.05) is 29.3 Å². The van der Waals surface area contributed by atoms with Gasteiger partial charge >= 0.3 is 0 Å². The van der Waals surface area contributed by atoms with E-state index < -0.39 is 0 Å². The summed E-state index contributed by atoms with van der Waals surface area (Å²) in [5.74, 6) is 0.580. The van der Waals surface area contributed by atoms with Gasteiger partial charge in [-0.2, -0.15) is 0 Å². The van der Waals surface area contributed by atoms with E-state index in [1.54, 1.807) is 10.6 Å². The molecule has 0 spiro atoms. The number of nitrogens with zero attached hydrogens (tertiary/aromatic N) is 3. The van der Waals surface area contributed by atoms with E-state index in [0.29, 0.717) is 29.6 Å². The van der Waals surface area contributed by atoms with E-state index in [9.17, 15) is 4.79 Å². The molecule has 1 amide bonds. The molecule has 9 heteroatoms. The van der Waals surface area contributed by atoms with Gasteiger partial charge in [-0.15, -0.1) is 5.10 Å². The molecular weight excluding hydrogens is 410 g/mol. The van der Waals surface area contributed by atoms with E-state index in [0.717, 1.165) is 21.3 Å². The van der Waals surface area contributed by atoms with E-state index in [2.05, 4.69) is 20.7 Å². The number of carbonyl (C=O) groups excluding carboxylic acids is 1. The van der Waals surface area contributed by atoms with Crippen LogP contribution in [0.15, 0.2) is 54.7 Å². The molecule has 0 saturated carbocycles. The van der Waals surface area contributed by atoms with Crippen molar-refractivity contribution in [2.45, 2.75) is 6.92 Å². The molecule has 4 rings (SSSR count). The molecule has 0 fully saturated rings. The highest BCUT2D eigenvalue weighted by molar-refractivity contribution is 7.20. The van der Waals surface area contributed by atoms with Crippen LogP contribution in [0.1, 0.15) is 6.92 Å². The van der Waals surface area contributed by atoms with Crippen molar-refractivity contribution in [2.24, 2.45) is 0 Å². The van der Waals surface area contributed by atoms with Crippen molar-refractivity contribution in [2.75, 3.05) is 23.8 Å². The second kappa shape index (κ2) is 8.50. The number of nitrogens with one attached hydrogen (secondary N) is 2. The van der Waals surface area contributed by atoms with Gasteiger partial charge in [-0.3, -0.25) is 4.79 Å². The molecule has 0 aliphatic rings. The van der Waals surface area contributed by atoms with Crippen LogP contribution < -0.4 is 15.4 Å². The SMILES string of the molecule is CC(=O)Nc1cccc(OCCNc2nn3cc(-c4ccc(Cl)cc4)nc3s2)c1. The maximum absolute atomic E-state index is 11.1. The third-order valence-electron chi connectivity index (χ3n) is 3.98. The van der Waals surface area contributed by atoms with Gasteiger partial charge in [0.2, 0.25) is 16.0 Å². The molecule has 2 heterocycles. The maximum atomic E-state index is 11.1. The van der Waals surface area contributed by atoms with Crippen LogP contribution in [-0.2, 0) is 4.79 Å². The fraction of sp³-hybridized carbons (Fsp3) is 0.150. The molecule has 2 N–H and O–H groups in total. The Morgan fingerprint density at radius 1 is 1.24 bits per heavy atom. The minimum atomic E-state index is -0.114. The van der Waals surface area contributed by atoms with Crippen molar-refractivity contribution in [1.29, 1.82) is 0 Å². The van der Waals surface area contributed by atoms with Crippen LogP contribution in [0.5, 0.6) is 5.75 Å². The average Bonchev–Trinajstić information content (AvgIpc) is 3.24. The standard InChI is InChI=1S/C20H18ClN5O2S/c1-13(27)23-16-3-2-4-17(11-16)28-10-9-22-19-25-26-12-18(24-20(26)29-19)14-5-7-15(21)8-6-14/h2-8,11-12H,9-10H2,1H3,(H,22,25)(H,23,27). The molecule has 2 aromatic carbocycles. The minimum Gasteiger partial charge on any atom is -0.492 e. The highest BCUT2D eigenvalue weighted by Crippen LogP contribution is 2.25. The van der Waals surface area contributed by atoms with Crippen LogP contribution in [0.3, 0.4) is 0 Å². The van der Waals surface area contributed by atoms with Crippen LogP contribution in [-0.4, -0.2) is 33.7 Å². The van der Waals surface area contributed by atoms with E-state index in [1.165, 1.54) is 18.3 Å². The molecule has 0 bridgehead atoms. The number of rotatable bonds is 7. The third kappa shape index (κ3) is 4.85. The first-order valence-corrected chi connectivity index (χ1v) is 10.1.